The predicted octanol–water partition coefficient (Wildman–Crippen LogP) is 3.80. The van der Waals surface area contributed by atoms with Crippen LogP contribution in [-0.2, 0) is 16.2 Å². The highest BCUT2D eigenvalue weighted by atomic mass is 32.2. The van der Waals surface area contributed by atoms with Gasteiger partial charge in [0.2, 0.25) is 5.72 Å². The molecule has 1 aromatic carbocycles. The summed E-state index contributed by atoms with van der Waals surface area (Å²) in [6, 6.07) is 7.53. The van der Waals surface area contributed by atoms with Gasteiger partial charge in [0, 0.05) is 30.5 Å². The van der Waals surface area contributed by atoms with Crippen molar-refractivity contribution in [2.45, 2.75) is 11.5 Å². The van der Waals surface area contributed by atoms with Crippen molar-refractivity contribution in [3.05, 3.63) is 93.5 Å². The van der Waals surface area contributed by atoms with Crippen LogP contribution in [0, 0.1) is 11.6 Å². The number of hydrazone groups is 1. The number of benzene rings is 1. The molecule has 6 nitrogen and oxygen atoms in total. The molecule has 3 heterocycles. The summed E-state index contributed by atoms with van der Waals surface area (Å²) < 4.78 is 34.3. The molecule has 0 radical (unpaired) electrons. The Hall–Kier alpha value is -3.01. The zero-order valence-electron chi connectivity index (χ0n) is 18.7. The summed E-state index contributed by atoms with van der Waals surface area (Å²) in [5.74, 6) is -0.722. The third kappa shape index (κ3) is 4.85. The Morgan fingerprint density at radius 2 is 1.94 bits per heavy atom. The average molecular weight is 472 g/mol. The molecule has 174 valence electrons. The Morgan fingerprint density at radius 1 is 1.18 bits per heavy atom. The van der Waals surface area contributed by atoms with Crippen LogP contribution in [0.3, 0.4) is 0 Å². The second-order valence-electron chi connectivity index (χ2n) is 8.14. The van der Waals surface area contributed by atoms with Crippen LogP contribution in [0.5, 0.6) is 0 Å². The molecule has 2 aliphatic rings. The van der Waals surface area contributed by atoms with Gasteiger partial charge in [-0.05, 0) is 66.9 Å². The van der Waals surface area contributed by atoms with E-state index < -0.39 is 28.3 Å². The van der Waals surface area contributed by atoms with E-state index in [9.17, 15) is 8.78 Å². The van der Waals surface area contributed by atoms with Crippen LogP contribution in [0.25, 0.3) is 0 Å². The number of ether oxygens (including phenoxy) is 1. The smallest absolute Gasteiger partial charge is 0.216 e. The van der Waals surface area contributed by atoms with E-state index in [1.165, 1.54) is 18.2 Å². The number of methoxy groups -OCH3 is 1. The van der Waals surface area contributed by atoms with Gasteiger partial charge in [-0.3, -0.25) is 10.4 Å². The molecule has 2 aliphatic heterocycles. The number of rotatable bonds is 7. The van der Waals surface area contributed by atoms with E-state index in [4.69, 9.17) is 10.5 Å². The molecule has 2 unspecified atom stereocenters. The van der Waals surface area contributed by atoms with Crippen LogP contribution in [-0.4, -0.2) is 43.3 Å². The molecular formula is C24H27F2N5OS. The van der Waals surface area contributed by atoms with Crippen molar-refractivity contribution < 1.29 is 13.5 Å². The van der Waals surface area contributed by atoms with Gasteiger partial charge in [-0.25, -0.2) is 19.7 Å². The van der Waals surface area contributed by atoms with E-state index in [0.717, 1.165) is 10.5 Å². The normalized spacial score (nSPS) is 23.2. The summed E-state index contributed by atoms with van der Waals surface area (Å²) in [4.78, 5) is 7.54. The fraction of sp³-hybridized carbons (Fsp3) is 0.250. The maximum Gasteiger partial charge on any atom is 0.216 e. The summed E-state index contributed by atoms with van der Waals surface area (Å²) in [6.07, 6.45) is 7.35. The predicted molar refractivity (Wildman–Crippen MR) is 131 cm³/mol. The number of nitrogens with zero attached hydrogens (tertiary/aromatic N) is 3. The molecule has 1 aromatic heterocycles. The summed E-state index contributed by atoms with van der Waals surface area (Å²) in [5.41, 5.74) is 10.7. The van der Waals surface area contributed by atoms with Crippen LogP contribution in [0.4, 0.5) is 14.5 Å². The van der Waals surface area contributed by atoms with E-state index in [0.29, 0.717) is 29.4 Å². The zero-order chi connectivity index (χ0) is 23.6. The van der Waals surface area contributed by atoms with Crippen LogP contribution in [0.2, 0.25) is 0 Å². The summed E-state index contributed by atoms with van der Waals surface area (Å²) >= 11 is 0. The van der Waals surface area contributed by atoms with Gasteiger partial charge in [0.25, 0.3) is 0 Å². The average Bonchev–Trinajstić information content (AvgIpc) is 3.18. The van der Waals surface area contributed by atoms with Gasteiger partial charge in [0.1, 0.15) is 11.6 Å². The molecule has 2 atom stereocenters. The molecule has 9 heteroatoms. The molecule has 4 rings (SSSR count). The molecular weight excluding hydrogens is 444 g/mol. The fourth-order valence-electron chi connectivity index (χ4n) is 3.71. The molecule has 0 spiro atoms. The number of hydrogen-bond acceptors (Lipinski definition) is 6. The topological polar surface area (TPSA) is 75.8 Å². The monoisotopic (exact) mass is 471 g/mol. The first kappa shape index (κ1) is 23.2. The Morgan fingerprint density at radius 3 is 2.52 bits per heavy atom. The van der Waals surface area contributed by atoms with Crippen LogP contribution < -0.4 is 11.2 Å². The van der Waals surface area contributed by atoms with Crippen LogP contribution in [0.15, 0.2) is 75.7 Å². The third-order valence-corrected chi connectivity index (χ3v) is 7.71. The Kier molecular flexibility index (Phi) is 6.64. The van der Waals surface area contributed by atoms with Crippen molar-refractivity contribution in [3.8, 4) is 0 Å². The maximum atomic E-state index is 14.3. The number of nitrogen functional groups attached to an aromatic ring is 1. The van der Waals surface area contributed by atoms with Crippen molar-refractivity contribution in [1.82, 2.24) is 15.3 Å². The molecule has 0 amide bonds. The van der Waals surface area contributed by atoms with E-state index in [2.05, 4.69) is 31.9 Å². The second kappa shape index (κ2) is 9.46. The minimum atomic E-state index is -1.01. The first-order chi connectivity index (χ1) is 15.8. The highest BCUT2D eigenvalue weighted by molar-refractivity contribution is 8.22. The van der Waals surface area contributed by atoms with Crippen molar-refractivity contribution in [2.75, 3.05) is 33.5 Å². The van der Waals surface area contributed by atoms with Gasteiger partial charge >= 0.3 is 0 Å². The fourth-order valence-corrected chi connectivity index (χ4v) is 6.13. The number of anilines is 1. The molecule has 0 bridgehead atoms. The lowest BCUT2D eigenvalue weighted by Crippen LogP contribution is -2.42. The lowest BCUT2D eigenvalue weighted by molar-refractivity contribution is -0.00540. The summed E-state index contributed by atoms with van der Waals surface area (Å²) in [6.45, 7) is 0.698. The van der Waals surface area contributed by atoms with E-state index in [1.807, 2.05) is 26.2 Å². The lowest BCUT2D eigenvalue weighted by atomic mass is 10.0. The summed E-state index contributed by atoms with van der Waals surface area (Å²) in [7, 11) is 4.61. The van der Waals surface area contributed by atoms with Gasteiger partial charge in [-0.2, -0.15) is 5.10 Å². The van der Waals surface area contributed by atoms with E-state index >= 15 is 0 Å². The van der Waals surface area contributed by atoms with E-state index in [1.54, 1.807) is 25.4 Å². The van der Waals surface area contributed by atoms with Gasteiger partial charge in [-0.1, -0.05) is 6.07 Å². The Balaban J connectivity index is 1.60. The Bertz CT molecular complexity index is 1140. The van der Waals surface area contributed by atoms with Gasteiger partial charge in [0.05, 0.1) is 23.3 Å². The van der Waals surface area contributed by atoms with Gasteiger partial charge in [-0.15, -0.1) is 0 Å². The molecule has 0 fully saturated rings. The highest BCUT2D eigenvalue weighted by Crippen LogP contribution is 2.47. The SMILES string of the molecule is COC1(c2ccc(N)cn2)C=CC(C2=C[SH](Cc3c(F)cccc3F)C(CN(C)C)=C2)=NN1. The second-order valence-corrected chi connectivity index (χ2v) is 10.2. The van der Waals surface area contributed by atoms with E-state index in [-0.39, 0.29) is 5.56 Å². The zero-order valence-corrected chi connectivity index (χ0v) is 19.6. The molecule has 2 aromatic rings. The number of nitrogens with one attached hydrogen (secondary N) is 1. The largest absolute Gasteiger partial charge is 0.397 e. The van der Waals surface area contributed by atoms with Crippen molar-refractivity contribution in [3.63, 3.8) is 0 Å². The molecule has 0 aliphatic carbocycles. The number of halogens is 2. The number of allylic oxidation sites excluding steroid dienone is 3. The quantitative estimate of drug-likeness (QED) is 0.536. The van der Waals surface area contributed by atoms with Crippen molar-refractivity contribution in [1.29, 1.82) is 0 Å². The van der Waals surface area contributed by atoms with Gasteiger partial charge < -0.3 is 15.4 Å². The summed E-state index contributed by atoms with van der Waals surface area (Å²) in [5, 5.41) is 6.62. The first-order valence-electron chi connectivity index (χ1n) is 10.4. The van der Waals surface area contributed by atoms with Gasteiger partial charge in [0.15, 0.2) is 0 Å². The number of pyridine rings is 1. The number of nitrogens with two attached hydrogens (primary N) is 1. The number of hydrogen-bond donors (Lipinski definition) is 3. The van der Waals surface area contributed by atoms with Crippen LogP contribution in [0.1, 0.15) is 11.3 Å². The molecule has 3 N–H and O–H groups in total. The lowest BCUT2D eigenvalue weighted by Gasteiger charge is -2.31. The number of likely N-dealkylation sites (N-methyl/N-ethyl adjacent to an activating group) is 1. The maximum absolute atomic E-state index is 14.3. The third-order valence-electron chi connectivity index (χ3n) is 5.46. The highest BCUT2D eigenvalue weighted by Gasteiger charge is 2.33. The number of aromatic nitrogens is 1. The van der Waals surface area contributed by atoms with Crippen molar-refractivity contribution in [2.24, 2.45) is 5.10 Å². The molecule has 0 saturated carbocycles. The van der Waals surface area contributed by atoms with Crippen LogP contribution >= 0.6 is 10.9 Å². The minimum absolute atomic E-state index is 0.123. The first-order valence-corrected chi connectivity index (χ1v) is 12.0. The minimum Gasteiger partial charge on any atom is -0.397 e. The number of thiol groups is 1. The Labute approximate surface area is 194 Å². The standard InChI is InChI=1S/C24H27F2N5OS/c1-31(2)13-18-11-16(14-33(18)15-19-20(25)5-4-6-21(19)26)22-9-10-24(32-3,30-29-22)23-8-7-17(27)12-28-23/h4-12,14,30,33H,13,15,27H2,1-3H3. The molecule has 33 heavy (non-hydrogen) atoms. The molecule has 0 saturated heterocycles. The van der Waals surface area contributed by atoms with Crippen molar-refractivity contribution >= 4 is 22.3 Å².